The van der Waals surface area contributed by atoms with E-state index in [9.17, 15) is 25.2 Å². The number of aliphatic hydroxyl groups is 4. The van der Waals surface area contributed by atoms with E-state index in [2.05, 4.69) is 25.2 Å². The SMILES string of the molecule is C[C@]12CC[C@H](O)CC1=CC[C@@H]1[C@@H]2CC[C@]2(C)/C(=C/C(=O)NC(CO)(CO)CO)CC[C@@H]12. The normalized spacial score (nSPS) is 41.2. The molecule has 0 aromatic rings. The number of amides is 1. The lowest BCUT2D eigenvalue weighted by Gasteiger charge is -2.57. The molecule has 3 saturated carbocycles. The van der Waals surface area contributed by atoms with Crippen molar-refractivity contribution in [2.75, 3.05) is 19.8 Å². The smallest absolute Gasteiger partial charge is 0.244 e. The lowest BCUT2D eigenvalue weighted by atomic mass is 9.48. The van der Waals surface area contributed by atoms with E-state index in [0.717, 1.165) is 56.9 Å². The fourth-order valence-corrected chi connectivity index (χ4v) is 7.45. The van der Waals surface area contributed by atoms with Gasteiger partial charge in [-0.1, -0.05) is 31.1 Å². The standard InChI is InChI=1S/C25H39NO5/c1-23-9-7-18(30)11-16(23)3-5-19-20-6-4-17(24(20,2)10-8-21(19)23)12-22(31)26-25(13-27,14-28)15-29/h3,12,18-21,27-30H,4-11,13-15H2,1-2H3,(H,26,31)/b17-12+/t18-,19-,20-,21-,23-,24+/m0/s1. The molecule has 174 valence electrons. The summed E-state index contributed by atoms with van der Waals surface area (Å²) < 4.78 is 0. The van der Waals surface area contributed by atoms with Gasteiger partial charge in [0.25, 0.3) is 0 Å². The highest BCUT2D eigenvalue weighted by molar-refractivity contribution is 5.89. The maximum Gasteiger partial charge on any atom is 0.244 e. The second-order valence-corrected chi connectivity index (χ2v) is 11.1. The number of carbonyl (C=O) groups is 1. The van der Waals surface area contributed by atoms with Crippen molar-refractivity contribution in [3.63, 3.8) is 0 Å². The fraction of sp³-hybridized carbons (Fsp3) is 0.800. The number of hydrogen-bond acceptors (Lipinski definition) is 5. The zero-order chi connectivity index (χ0) is 22.4. The van der Waals surface area contributed by atoms with Crippen molar-refractivity contribution in [3.8, 4) is 0 Å². The van der Waals surface area contributed by atoms with Crippen molar-refractivity contribution < 1.29 is 25.2 Å². The van der Waals surface area contributed by atoms with Gasteiger partial charge >= 0.3 is 0 Å². The number of rotatable bonds is 5. The maximum absolute atomic E-state index is 12.7. The summed E-state index contributed by atoms with van der Waals surface area (Å²) in [6, 6.07) is 0. The van der Waals surface area contributed by atoms with E-state index in [1.54, 1.807) is 6.08 Å². The molecule has 1 amide bonds. The minimum atomic E-state index is -1.39. The molecule has 5 N–H and O–H groups in total. The van der Waals surface area contributed by atoms with Crippen LogP contribution in [0.5, 0.6) is 0 Å². The van der Waals surface area contributed by atoms with E-state index < -0.39 is 25.4 Å². The van der Waals surface area contributed by atoms with Crippen LogP contribution in [0.2, 0.25) is 0 Å². The minimum Gasteiger partial charge on any atom is -0.394 e. The quantitative estimate of drug-likeness (QED) is 0.337. The van der Waals surface area contributed by atoms with Gasteiger partial charge in [-0.25, -0.2) is 0 Å². The summed E-state index contributed by atoms with van der Waals surface area (Å²) in [7, 11) is 0. The number of hydrogen-bond donors (Lipinski definition) is 5. The summed E-state index contributed by atoms with van der Waals surface area (Å²) in [5, 5.41) is 41.3. The van der Waals surface area contributed by atoms with Crippen LogP contribution in [0.1, 0.15) is 65.2 Å². The molecule has 6 heteroatoms. The van der Waals surface area contributed by atoms with Gasteiger partial charge in [0.2, 0.25) is 5.91 Å². The Bertz CT molecular complexity index is 764. The monoisotopic (exact) mass is 433 g/mol. The van der Waals surface area contributed by atoms with Crippen molar-refractivity contribution in [1.82, 2.24) is 5.32 Å². The lowest BCUT2D eigenvalue weighted by Crippen LogP contribution is -2.56. The summed E-state index contributed by atoms with van der Waals surface area (Å²) in [5.41, 5.74) is 1.44. The van der Waals surface area contributed by atoms with Crippen LogP contribution >= 0.6 is 0 Å². The lowest BCUT2D eigenvalue weighted by molar-refractivity contribution is -0.120. The average molecular weight is 434 g/mol. The van der Waals surface area contributed by atoms with Crippen molar-refractivity contribution in [2.45, 2.75) is 76.9 Å². The van der Waals surface area contributed by atoms with Crippen LogP contribution in [-0.2, 0) is 4.79 Å². The van der Waals surface area contributed by atoms with Crippen LogP contribution in [0.25, 0.3) is 0 Å². The number of carbonyl (C=O) groups excluding carboxylic acids is 1. The summed E-state index contributed by atoms with van der Waals surface area (Å²) in [6.07, 6.45) is 12.0. The second-order valence-electron chi connectivity index (χ2n) is 11.1. The highest BCUT2D eigenvalue weighted by Gasteiger charge is 2.57. The van der Waals surface area contributed by atoms with E-state index in [4.69, 9.17) is 0 Å². The molecular weight excluding hydrogens is 394 g/mol. The Kier molecular flexibility index (Phi) is 6.14. The van der Waals surface area contributed by atoms with E-state index >= 15 is 0 Å². The number of fused-ring (bicyclic) bond motifs is 5. The van der Waals surface area contributed by atoms with Gasteiger partial charge < -0.3 is 25.7 Å². The Balaban J connectivity index is 1.55. The molecule has 0 aliphatic heterocycles. The van der Waals surface area contributed by atoms with E-state index in [1.807, 2.05) is 0 Å². The summed E-state index contributed by atoms with van der Waals surface area (Å²) >= 11 is 0. The molecule has 0 aromatic heterocycles. The van der Waals surface area contributed by atoms with Gasteiger partial charge in [-0.2, -0.15) is 0 Å². The van der Waals surface area contributed by atoms with Gasteiger partial charge in [0, 0.05) is 6.08 Å². The third kappa shape index (κ3) is 3.69. The molecule has 4 rings (SSSR count). The molecule has 0 aromatic carbocycles. The molecular formula is C25H39NO5. The third-order valence-corrected chi connectivity index (χ3v) is 9.53. The molecule has 6 atom stereocenters. The van der Waals surface area contributed by atoms with Gasteiger partial charge in [-0.3, -0.25) is 4.79 Å². The second kappa shape index (κ2) is 8.29. The Morgan fingerprint density at radius 2 is 1.74 bits per heavy atom. The molecule has 31 heavy (non-hydrogen) atoms. The molecule has 0 heterocycles. The van der Waals surface area contributed by atoms with Crippen LogP contribution in [0.4, 0.5) is 0 Å². The van der Waals surface area contributed by atoms with Crippen LogP contribution < -0.4 is 5.32 Å². The van der Waals surface area contributed by atoms with Gasteiger partial charge in [-0.15, -0.1) is 0 Å². The number of aliphatic hydroxyl groups excluding tert-OH is 4. The first kappa shape index (κ1) is 23.0. The van der Waals surface area contributed by atoms with Gasteiger partial charge in [0.15, 0.2) is 0 Å². The predicted octanol–water partition coefficient (Wildman–Crippen LogP) is 2.07. The largest absolute Gasteiger partial charge is 0.394 e. The van der Waals surface area contributed by atoms with Crippen molar-refractivity contribution in [1.29, 1.82) is 0 Å². The first-order valence-electron chi connectivity index (χ1n) is 11.9. The summed E-state index contributed by atoms with van der Waals surface area (Å²) in [5.74, 6) is 1.46. The minimum absolute atomic E-state index is 0.00526. The molecule has 0 spiro atoms. The van der Waals surface area contributed by atoms with Crippen molar-refractivity contribution in [2.24, 2.45) is 28.6 Å². The third-order valence-electron chi connectivity index (χ3n) is 9.53. The fourth-order valence-electron chi connectivity index (χ4n) is 7.45. The van der Waals surface area contributed by atoms with Gasteiger partial charge in [0.05, 0.1) is 25.9 Å². The highest BCUT2D eigenvalue weighted by atomic mass is 16.3. The maximum atomic E-state index is 12.7. The average Bonchev–Trinajstić information content (AvgIpc) is 3.09. The van der Waals surface area contributed by atoms with Crippen LogP contribution in [0, 0.1) is 28.6 Å². The predicted molar refractivity (Wildman–Crippen MR) is 118 cm³/mol. The number of allylic oxidation sites excluding steroid dienone is 2. The van der Waals surface area contributed by atoms with Gasteiger partial charge in [-0.05, 0) is 80.0 Å². The first-order valence-corrected chi connectivity index (χ1v) is 11.9. The molecule has 0 bridgehead atoms. The molecule has 0 radical (unpaired) electrons. The zero-order valence-corrected chi connectivity index (χ0v) is 18.9. The van der Waals surface area contributed by atoms with E-state index in [-0.39, 0.29) is 22.8 Å². The molecule has 0 saturated heterocycles. The zero-order valence-electron chi connectivity index (χ0n) is 18.9. The molecule has 0 unspecified atom stereocenters. The summed E-state index contributed by atoms with van der Waals surface area (Å²) in [6.45, 7) is 3.19. The van der Waals surface area contributed by atoms with E-state index in [0.29, 0.717) is 17.8 Å². The van der Waals surface area contributed by atoms with Crippen molar-refractivity contribution >= 4 is 5.91 Å². The molecule has 4 aliphatic carbocycles. The summed E-state index contributed by atoms with van der Waals surface area (Å²) in [4.78, 5) is 12.7. The Labute approximate surface area is 185 Å². The van der Waals surface area contributed by atoms with Crippen LogP contribution in [0.15, 0.2) is 23.3 Å². The molecule has 3 fully saturated rings. The highest BCUT2D eigenvalue weighted by Crippen LogP contribution is 2.66. The number of nitrogens with one attached hydrogen (secondary N) is 1. The van der Waals surface area contributed by atoms with Crippen LogP contribution in [-0.4, -0.2) is 57.8 Å². The van der Waals surface area contributed by atoms with E-state index in [1.165, 1.54) is 5.57 Å². The molecule has 4 aliphatic rings. The Hall–Kier alpha value is -1.21. The van der Waals surface area contributed by atoms with Crippen molar-refractivity contribution in [3.05, 3.63) is 23.3 Å². The Morgan fingerprint density at radius 3 is 2.42 bits per heavy atom. The van der Waals surface area contributed by atoms with Gasteiger partial charge in [0.1, 0.15) is 5.54 Å². The molecule has 6 nitrogen and oxygen atoms in total. The Morgan fingerprint density at radius 1 is 1.10 bits per heavy atom. The topological polar surface area (TPSA) is 110 Å². The first-order chi connectivity index (χ1) is 14.7. The van der Waals surface area contributed by atoms with Crippen LogP contribution in [0.3, 0.4) is 0 Å².